The first-order chi connectivity index (χ1) is 9.41. The van der Waals surface area contributed by atoms with Crippen LogP contribution in [0.25, 0.3) is 0 Å². The fourth-order valence-electron chi connectivity index (χ4n) is 2.23. The van der Waals surface area contributed by atoms with E-state index in [0.717, 1.165) is 17.2 Å². The van der Waals surface area contributed by atoms with E-state index in [9.17, 15) is 13.6 Å². The monoisotopic (exact) mass is 338 g/mol. The number of halogens is 3. The Kier molecular flexibility index (Phi) is 4.33. The molecule has 20 heavy (non-hydrogen) atoms. The molecule has 0 heterocycles. The number of benzene rings is 2. The summed E-state index contributed by atoms with van der Waals surface area (Å²) in [5, 5.41) is 0. The summed E-state index contributed by atoms with van der Waals surface area (Å²) in [7, 11) is 0. The summed E-state index contributed by atoms with van der Waals surface area (Å²) in [6.45, 7) is 3.63. The van der Waals surface area contributed by atoms with Gasteiger partial charge in [0.1, 0.15) is 11.6 Å². The maximum Gasteiger partial charge on any atom is 0.167 e. The number of aryl methyl sites for hydroxylation is 2. The zero-order chi connectivity index (χ0) is 14.9. The Hall–Kier alpha value is -1.55. The Labute approximate surface area is 124 Å². The molecule has 2 aromatic carbocycles. The summed E-state index contributed by atoms with van der Waals surface area (Å²) in [6, 6.07) is 7.92. The van der Waals surface area contributed by atoms with Crippen LogP contribution in [-0.4, -0.2) is 5.78 Å². The standard InChI is InChI=1S/C16H13BrF2O/c1-9-4-3-5-10(2)15(9)14(20)8-11-13(18)7-6-12(17)16(11)19/h3-7H,8H2,1-2H3. The van der Waals surface area contributed by atoms with Gasteiger partial charge in [-0.05, 0) is 53.0 Å². The second-order valence-corrected chi connectivity index (χ2v) is 5.54. The Balaban J connectivity index is 2.41. The third-order valence-corrected chi connectivity index (χ3v) is 3.85. The molecule has 2 rings (SSSR count). The van der Waals surface area contributed by atoms with Crippen molar-refractivity contribution in [2.75, 3.05) is 0 Å². The third kappa shape index (κ3) is 2.80. The van der Waals surface area contributed by atoms with Gasteiger partial charge in [-0.25, -0.2) is 8.78 Å². The average molecular weight is 339 g/mol. The fourth-order valence-corrected chi connectivity index (χ4v) is 2.61. The lowest BCUT2D eigenvalue weighted by Gasteiger charge is -2.10. The molecular weight excluding hydrogens is 326 g/mol. The predicted molar refractivity (Wildman–Crippen MR) is 78.0 cm³/mol. The quantitative estimate of drug-likeness (QED) is 0.582. The summed E-state index contributed by atoms with van der Waals surface area (Å²) < 4.78 is 27.8. The van der Waals surface area contributed by atoms with Gasteiger partial charge in [-0.1, -0.05) is 18.2 Å². The van der Waals surface area contributed by atoms with Gasteiger partial charge in [0.2, 0.25) is 0 Å². The van der Waals surface area contributed by atoms with E-state index in [0.29, 0.717) is 5.56 Å². The maximum atomic E-state index is 13.9. The highest BCUT2D eigenvalue weighted by atomic mass is 79.9. The molecule has 0 fully saturated rings. The van der Waals surface area contributed by atoms with E-state index in [-0.39, 0.29) is 22.2 Å². The highest BCUT2D eigenvalue weighted by Crippen LogP contribution is 2.24. The molecule has 0 amide bonds. The van der Waals surface area contributed by atoms with Crippen molar-refractivity contribution in [3.05, 3.63) is 68.7 Å². The van der Waals surface area contributed by atoms with Crippen LogP contribution in [-0.2, 0) is 6.42 Å². The SMILES string of the molecule is Cc1cccc(C)c1C(=O)Cc1c(F)ccc(Br)c1F. The van der Waals surface area contributed by atoms with Crippen LogP contribution in [0.1, 0.15) is 27.0 Å². The molecule has 0 spiro atoms. The van der Waals surface area contributed by atoms with E-state index >= 15 is 0 Å². The first-order valence-corrected chi connectivity index (χ1v) is 6.93. The molecule has 0 aliphatic rings. The van der Waals surface area contributed by atoms with Crippen LogP contribution < -0.4 is 0 Å². The molecule has 0 radical (unpaired) electrons. The molecule has 0 unspecified atom stereocenters. The van der Waals surface area contributed by atoms with Gasteiger partial charge in [-0.3, -0.25) is 4.79 Å². The number of carbonyl (C=O) groups excluding carboxylic acids is 1. The topological polar surface area (TPSA) is 17.1 Å². The summed E-state index contributed by atoms with van der Waals surface area (Å²) in [5.74, 6) is -1.70. The number of ketones is 1. The van der Waals surface area contributed by atoms with Crippen LogP contribution in [0.15, 0.2) is 34.8 Å². The molecule has 0 atom stereocenters. The third-order valence-electron chi connectivity index (χ3n) is 3.24. The summed E-state index contributed by atoms with van der Waals surface area (Å²) in [5.41, 5.74) is 1.95. The zero-order valence-electron chi connectivity index (χ0n) is 11.1. The molecule has 104 valence electrons. The lowest BCUT2D eigenvalue weighted by molar-refractivity contribution is 0.0989. The first kappa shape index (κ1) is 14.9. The van der Waals surface area contributed by atoms with E-state index in [1.165, 1.54) is 6.07 Å². The lowest BCUT2D eigenvalue weighted by atomic mass is 9.95. The van der Waals surface area contributed by atoms with Gasteiger partial charge in [0.25, 0.3) is 0 Å². The van der Waals surface area contributed by atoms with E-state index in [4.69, 9.17) is 0 Å². The van der Waals surface area contributed by atoms with Crippen molar-refractivity contribution in [2.24, 2.45) is 0 Å². The average Bonchev–Trinajstić information content (AvgIpc) is 2.39. The zero-order valence-corrected chi connectivity index (χ0v) is 12.7. The van der Waals surface area contributed by atoms with Gasteiger partial charge in [0.15, 0.2) is 5.78 Å². The van der Waals surface area contributed by atoms with Crippen molar-refractivity contribution in [1.82, 2.24) is 0 Å². The lowest BCUT2D eigenvalue weighted by Crippen LogP contribution is -2.10. The van der Waals surface area contributed by atoms with Crippen molar-refractivity contribution in [1.29, 1.82) is 0 Å². The second-order valence-electron chi connectivity index (χ2n) is 4.69. The van der Waals surface area contributed by atoms with E-state index < -0.39 is 11.6 Å². The van der Waals surface area contributed by atoms with Crippen molar-refractivity contribution < 1.29 is 13.6 Å². The summed E-state index contributed by atoms with van der Waals surface area (Å²) in [6.07, 6.45) is -0.289. The number of Topliss-reactive ketones (excluding diaryl/α,β-unsaturated/α-hetero) is 1. The van der Waals surface area contributed by atoms with E-state index in [1.807, 2.05) is 32.0 Å². The number of hydrogen-bond donors (Lipinski definition) is 0. The van der Waals surface area contributed by atoms with Crippen molar-refractivity contribution >= 4 is 21.7 Å². The minimum absolute atomic E-state index is 0.156. The molecule has 0 aliphatic carbocycles. The molecule has 1 nitrogen and oxygen atoms in total. The first-order valence-electron chi connectivity index (χ1n) is 6.13. The highest BCUT2D eigenvalue weighted by molar-refractivity contribution is 9.10. The minimum atomic E-state index is -0.718. The predicted octanol–water partition coefficient (Wildman–Crippen LogP) is 4.77. The molecule has 0 saturated carbocycles. The van der Waals surface area contributed by atoms with Gasteiger partial charge in [-0.2, -0.15) is 0 Å². The van der Waals surface area contributed by atoms with Crippen molar-refractivity contribution in [3.63, 3.8) is 0 Å². The van der Waals surface area contributed by atoms with Crippen LogP contribution in [0.5, 0.6) is 0 Å². The van der Waals surface area contributed by atoms with Crippen LogP contribution >= 0.6 is 15.9 Å². The second kappa shape index (κ2) is 5.83. The summed E-state index contributed by atoms with van der Waals surface area (Å²) >= 11 is 3.00. The Morgan fingerprint density at radius 1 is 1.10 bits per heavy atom. The van der Waals surface area contributed by atoms with Gasteiger partial charge in [-0.15, -0.1) is 0 Å². The van der Waals surface area contributed by atoms with Crippen LogP contribution in [0, 0.1) is 25.5 Å². The Bertz CT molecular complexity index is 660. The molecule has 4 heteroatoms. The molecule has 0 N–H and O–H groups in total. The number of carbonyl (C=O) groups is 1. The Morgan fingerprint density at radius 2 is 1.70 bits per heavy atom. The number of rotatable bonds is 3. The van der Waals surface area contributed by atoms with Gasteiger partial charge < -0.3 is 0 Å². The van der Waals surface area contributed by atoms with Gasteiger partial charge in [0, 0.05) is 17.5 Å². The molecule has 0 aliphatic heterocycles. The molecular formula is C16H13BrF2O. The molecule has 2 aromatic rings. The fraction of sp³-hybridized carbons (Fsp3) is 0.188. The van der Waals surface area contributed by atoms with Crippen molar-refractivity contribution in [3.8, 4) is 0 Å². The normalized spacial score (nSPS) is 10.7. The van der Waals surface area contributed by atoms with Gasteiger partial charge >= 0.3 is 0 Å². The minimum Gasteiger partial charge on any atom is -0.294 e. The largest absolute Gasteiger partial charge is 0.294 e. The van der Waals surface area contributed by atoms with Crippen LogP contribution in [0.3, 0.4) is 0 Å². The van der Waals surface area contributed by atoms with Crippen LogP contribution in [0.2, 0.25) is 0 Å². The number of hydrogen-bond acceptors (Lipinski definition) is 1. The highest BCUT2D eigenvalue weighted by Gasteiger charge is 2.19. The molecule has 0 saturated heterocycles. The maximum absolute atomic E-state index is 13.9. The Morgan fingerprint density at radius 3 is 2.30 bits per heavy atom. The van der Waals surface area contributed by atoms with Crippen LogP contribution in [0.4, 0.5) is 8.78 Å². The smallest absolute Gasteiger partial charge is 0.167 e. The van der Waals surface area contributed by atoms with Gasteiger partial charge in [0.05, 0.1) is 4.47 Å². The molecule has 0 bridgehead atoms. The summed E-state index contributed by atoms with van der Waals surface area (Å²) in [4.78, 5) is 12.3. The van der Waals surface area contributed by atoms with E-state index in [1.54, 1.807) is 0 Å². The van der Waals surface area contributed by atoms with E-state index in [2.05, 4.69) is 15.9 Å². The molecule has 0 aromatic heterocycles. The van der Waals surface area contributed by atoms with Crippen molar-refractivity contribution in [2.45, 2.75) is 20.3 Å².